The second-order valence-corrected chi connectivity index (χ2v) is 10.8. The second-order valence-electron chi connectivity index (χ2n) is 9.76. The molecule has 0 aliphatic heterocycles. The van der Waals surface area contributed by atoms with E-state index in [2.05, 4.69) is 25.7 Å². The van der Waals surface area contributed by atoms with Crippen LogP contribution < -0.4 is 4.90 Å². The fourth-order valence-electron chi connectivity index (χ4n) is 3.80. The van der Waals surface area contributed by atoms with Gasteiger partial charge in [-0.25, -0.2) is 4.79 Å². The number of carbonyl (C=O) groups is 2. The summed E-state index contributed by atoms with van der Waals surface area (Å²) < 4.78 is 0. The quantitative estimate of drug-likeness (QED) is 0.501. The summed E-state index contributed by atoms with van der Waals surface area (Å²) in [4.78, 5) is 27.9. The molecular formula is C25H37NO4S. The monoisotopic (exact) mass is 447 g/mol. The van der Waals surface area contributed by atoms with Crippen molar-refractivity contribution in [3.8, 4) is 11.8 Å². The Bertz CT molecular complexity index is 819. The first-order valence-corrected chi connectivity index (χ1v) is 12.2. The number of rotatable bonds is 8. The van der Waals surface area contributed by atoms with Crippen molar-refractivity contribution in [3.63, 3.8) is 0 Å². The van der Waals surface area contributed by atoms with E-state index in [0.29, 0.717) is 48.6 Å². The second kappa shape index (κ2) is 11.2. The lowest BCUT2D eigenvalue weighted by Gasteiger charge is -2.35. The van der Waals surface area contributed by atoms with E-state index in [9.17, 15) is 19.8 Å². The van der Waals surface area contributed by atoms with Gasteiger partial charge >= 0.3 is 5.97 Å². The number of carboxylic acid groups (broad SMARTS) is 1. The summed E-state index contributed by atoms with van der Waals surface area (Å²) in [7, 11) is 0. The number of thiophene rings is 1. The molecule has 2 N–H and O–H groups in total. The molecule has 1 atom stereocenters. The summed E-state index contributed by atoms with van der Waals surface area (Å²) in [5.74, 6) is 5.76. The van der Waals surface area contributed by atoms with E-state index < -0.39 is 5.97 Å². The number of hydrogen-bond donors (Lipinski definition) is 2. The normalized spacial score (nSPS) is 19.9. The maximum absolute atomic E-state index is 13.3. The first-order chi connectivity index (χ1) is 14.5. The van der Waals surface area contributed by atoms with Crippen molar-refractivity contribution < 1.29 is 19.8 Å². The van der Waals surface area contributed by atoms with E-state index in [1.165, 1.54) is 0 Å². The molecule has 1 amide bonds. The molecule has 1 unspecified atom stereocenters. The molecule has 1 heterocycles. The molecule has 2 rings (SSSR count). The standard InChI is InChI=1S/C25H37NO4S/c1-6-17(2)8-7-9-22(28)26(18-10-12-19(27)13-11-18)21-16-20(14-15-25(3,4)5)31-23(21)24(29)30/h16-19,27H,6-13H2,1-5H3,(H,29,30). The maximum atomic E-state index is 13.3. The van der Waals surface area contributed by atoms with Crippen molar-refractivity contribution in [1.29, 1.82) is 0 Å². The van der Waals surface area contributed by atoms with Gasteiger partial charge in [-0.1, -0.05) is 38.5 Å². The van der Waals surface area contributed by atoms with Gasteiger partial charge in [0.1, 0.15) is 4.88 Å². The van der Waals surface area contributed by atoms with Crippen LogP contribution in [0.25, 0.3) is 0 Å². The van der Waals surface area contributed by atoms with Gasteiger partial charge in [-0.3, -0.25) is 4.79 Å². The third-order valence-corrected chi connectivity index (χ3v) is 6.84. The zero-order chi connectivity index (χ0) is 23.2. The largest absolute Gasteiger partial charge is 0.477 e. The van der Waals surface area contributed by atoms with E-state index in [0.717, 1.165) is 30.6 Å². The number of amides is 1. The average molecular weight is 448 g/mol. The van der Waals surface area contributed by atoms with Gasteiger partial charge in [0.15, 0.2) is 0 Å². The van der Waals surface area contributed by atoms with E-state index in [1.807, 2.05) is 20.8 Å². The van der Waals surface area contributed by atoms with Crippen molar-refractivity contribution in [1.82, 2.24) is 0 Å². The predicted molar refractivity (Wildman–Crippen MR) is 127 cm³/mol. The lowest BCUT2D eigenvalue weighted by Crippen LogP contribution is -2.43. The molecular weight excluding hydrogens is 410 g/mol. The molecule has 0 radical (unpaired) electrons. The average Bonchev–Trinajstić information content (AvgIpc) is 3.11. The van der Waals surface area contributed by atoms with Gasteiger partial charge in [0.25, 0.3) is 0 Å². The fourth-order valence-corrected chi connectivity index (χ4v) is 4.64. The predicted octanol–water partition coefficient (Wildman–Crippen LogP) is 5.70. The van der Waals surface area contributed by atoms with E-state index >= 15 is 0 Å². The number of nitrogens with zero attached hydrogens (tertiary/aromatic N) is 1. The number of hydrogen-bond acceptors (Lipinski definition) is 4. The minimum absolute atomic E-state index is 0.0275. The van der Waals surface area contributed by atoms with Crippen molar-refractivity contribution in [3.05, 3.63) is 15.8 Å². The molecule has 0 aromatic carbocycles. The minimum Gasteiger partial charge on any atom is -0.477 e. The van der Waals surface area contributed by atoms with Crippen LogP contribution in [0.1, 0.15) is 101 Å². The lowest BCUT2D eigenvalue weighted by molar-refractivity contribution is -0.119. The third kappa shape index (κ3) is 7.66. The molecule has 0 saturated heterocycles. The van der Waals surface area contributed by atoms with Crippen molar-refractivity contribution in [2.24, 2.45) is 11.3 Å². The molecule has 31 heavy (non-hydrogen) atoms. The van der Waals surface area contributed by atoms with Crippen LogP contribution in [-0.4, -0.2) is 34.2 Å². The Kier molecular flexibility index (Phi) is 9.14. The lowest BCUT2D eigenvalue weighted by atomic mass is 9.91. The Morgan fingerprint density at radius 3 is 2.45 bits per heavy atom. The SMILES string of the molecule is CCC(C)CCCC(=O)N(c1cc(C#CC(C)(C)C)sc1C(=O)O)C1CCC(O)CC1. The van der Waals surface area contributed by atoms with Crippen LogP contribution >= 0.6 is 11.3 Å². The van der Waals surface area contributed by atoms with Crippen LogP contribution in [0.5, 0.6) is 0 Å². The van der Waals surface area contributed by atoms with Gasteiger partial charge in [0.2, 0.25) is 5.91 Å². The molecule has 1 aliphatic rings. The first-order valence-electron chi connectivity index (χ1n) is 11.4. The molecule has 172 valence electrons. The molecule has 1 fully saturated rings. The molecule has 1 aromatic rings. The van der Waals surface area contributed by atoms with Gasteiger partial charge in [-0.05, 0) is 64.9 Å². The van der Waals surface area contributed by atoms with Crippen molar-refractivity contribution in [2.45, 2.75) is 98.1 Å². The van der Waals surface area contributed by atoms with Crippen molar-refractivity contribution in [2.75, 3.05) is 4.90 Å². The highest BCUT2D eigenvalue weighted by Gasteiger charge is 2.33. The number of carboxylic acids is 1. The van der Waals surface area contributed by atoms with Gasteiger partial charge in [0.05, 0.1) is 16.7 Å². The topological polar surface area (TPSA) is 77.8 Å². The van der Waals surface area contributed by atoms with Crippen molar-refractivity contribution >= 4 is 28.9 Å². The zero-order valence-corrected chi connectivity index (χ0v) is 20.3. The Hall–Kier alpha value is -1.84. The van der Waals surface area contributed by atoms with Crippen LogP contribution in [0.3, 0.4) is 0 Å². The van der Waals surface area contributed by atoms with Crippen LogP contribution in [0.15, 0.2) is 6.07 Å². The Morgan fingerprint density at radius 2 is 1.90 bits per heavy atom. The van der Waals surface area contributed by atoms with E-state index in [1.54, 1.807) is 11.0 Å². The summed E-state index contributed by atoms with van der Waals surface area (Å²) >= 11 is 1.13. The Balaban J connectivity index is 2.37. The molecule has 1 aliphatic carbocycles. The molecule has 6 heteroatoms. The molecule has 1 aromatic heterocycles. The highest BCUT2D eigenvalue weighted by atomic mass is 32.1. The summed E-state index contributed by atoms with van der Waals surface area (Å²) in [5, 5.41) is 19.8. The first kappa shape index (κ1) is 25.4. The number of aliphatic hydroxyl groups is 1. The van der Waals surface area contributed by atoms with Crippen LogP contribution in [-0.2, 0) is 4.79 Å². The Labute approximate surface area is 190 Å². The van der Waals surface area contributed by atoms with E-state index in [4.69, 9.17) is 0 Å². The Morgan fingerprint density at radius 1 is 1.26 bits per heavy atom. The van der Waals surface area contributed by atoms with Gasteiger partial charge < -0.3 is 15.1 Å². The minimum atomic E-state index is -1.03. The number of anilines is 1. The maximum Gasteiger partial charge on any atom is 0.348 e. The van der Waals surface area contributed by atoms with Crippen LogP contribution in [0.4, 0.5) is 5.69 Å². The molecule has 0 spiro atoms. The number of aromatic carboxylic acids is 1. The summed E-state index contributed by atoms with van der Waals surface area (Å²) in [6.07, 6.45) is 5.54. The van der Waals surface area contributed by atoms with Gasteiger partial charge in [-0.15, -0.1) is 11.3 Å². The third-order valence-electron chi connectivity index (χ3n) is 5.81. The summed E-state index contributed by atoms with van der Waals surface area (Å²) in [5.41, 5.74) is 0.268. The molecule has 0 bridgehead atoms. The zero-order valence-electron chi connectivity index (χ0n) is 19.5. The van der Waals surface area contributed by atoms with E-state index in [-0.39, 0.29) is 28.3 Å². The highest BCUT2D eigenvalue weighted by Crippen LogP contribution is 2.36. The van der Waals surface area contributed by atoms with Gasteiger partial charge in [-0.2, -0.15) is 0 Å². The van der Waals surface area contributed by atoms with Crippen LogP contribution in [0, 0.1) is 23.2 Å². The van der Waals surface area contributed by atoms with Crippen LogP contribution in [0.2, 0.25) is 0 Å². The fraction of sp³-hybridized carbons (Fsp3) is 0.680. The highest BCUT2D eigenvalue weighted by molar-refractivity contribution is 7.15. The number of aliphatic hydroxyl groups excluding tert-OH is 1. The summed E-state index contributed by atoms with van der Waals surface area (Å²) in [6, 6.07) is 1.68. The van der Waals surface area contributed by atoms with Gasteiger partial charge in [0, 0.05) is 17.9 Å². The molecule has 1 saturated carbocycles. The number of carbonyl (C=O) groups excluding carboxylic acids is 1. The smallest absolute Gasteiger partial charge is 0.348 e. The summed E-state index contributed by atoms with van der Waals surface area (Å²) in [6.45, 7) is 10.4. The molecule has 5 nitrogen and oxygen atoms in total.